The van der Waals surface area contributed by atoms with Gasteiger partial charge in [0.2, 0.25) is 0 Å². The summed E-state index contributed by atoms with van der Waals surface area (Å²) in [5.41, 5.74) is 18.3. The quantitative estimate of drug-likeness (QED) is 0.190. The average molecular weight is 497 g/mol. The van der Waals surface area contributed by atoms with Crippen molar-refractivity contribution in [2.75, 3.05) is 24.7 Å². The summed E-state index contributed by atoms with van der Waals surface area (Å²) in [6.45, 7) is 5.16. The fourth-order valence-corrected chi connectivity index (χ4v) is 5.30. The van der Waals surface area contributed by atoms with Crippen LogP contribution < -0.4 is 20.9 Å². The SMILES string of the molecule is CCCOc1cc(C2(c3ccc(N)c(OCCC)c3)c3cc(O)ccc3-c3ccc(O)cc32)ccc1N. The summed E-state index contributed by atoms with van der Waals surface area (Å²) in [6.07, 6.45) is 1.69. The van der Waals surface area contributed by atoms with E-state index in [1.54, 1.807) is 24.3 Å². The molecule has 6 nitrogen and oxygen atoms in total. The Kier molecular flexibility index (Phi) is 6.34. The van der Waals surface area contributed by atoms with Gasteiger partial charge in [0.15, 0.2) is 0 Å². The Hall–Kier alpha value is -4.32. The summed E-state index contributed by atoms with van der Waals surface area (Å²) in [4.78, 5) is 0. The number of benzene rings is 4. The predicted molar refractivity (Wildman–Crippen MR) is 147 cm³/mol. The number of nitrogen functional groups attached to an aromatic ring is 2. The highest BCUT2D eigenvalue weighted by molar-refractivity contribution is 5.88. The van der Waals surface area contributed by atoms with Crippen LogP contribution in [0.15, 0.2) is 72.8 Å². The lowest BCUT2D eigenvalue weighted by Gasteiger charge is -2.34. The maximum Gasteiger partial charge on any atom is 0.142 e. The molecule has 4 aromatic rings. The lowest BCUT2D eigenvalue weighted by atomic mass is 9.67. The maximum atomic E-state index is 10.6. The summed E-state index contributed by atoms with van der Waals surface area (Å²) < 4.78 is 12.0. The van der Waals surface area contributed by atoms with E-state index >= 15 is 0 Å². The summed E-state index contributed by atoms with van der Waals surface area (Å²) in [6, 6.07) is 22.3. The molecule has 4 aromatic carbocycles. The average Bonchev–Trinajstić information content (AvgIpc) is 3.17. The van der Waals surface area contributed by atoms with Gasteiger partial charge in [-0.2, -0.15) is 0 Å². The van der Waals surface area contributed by atoms with Crippen LogP contribution >= 0.6 is 0 Å². The van der Waals surface area contributed by atoms with Crippen molar-refractivity contribution in [3.8, 4) is 34.1 Å². The Morgan fingerprint density at radius 1 is 0.622 bits per heavy atom. The van der Waals surface area contributed by atoms with Crippen molar-refractivity contribution in [2.45, 2.75) is 32.1 Å². The van der Waals surface area contributed by atoms with Gasteiger partial charge in [0, 0.05) is 0 Å². The smallest absolute Gasteiger partial charge is 0.142 e. The number of phenols is 2. The van der Waals surface area contributed by atoms with Crippen LogP contribution in [0.25, 0.3) is 11.1 Å². The first-order valence-electron chi connectivity index (χ1n) is 12.6. The van der Waals surface area contributed by atoms with E-state index < -0.39 is 5.41 Å². The van der Waals surface area contributed by atoms with Crippen molar-refractivity contribution in [2.24, 2.45) is 0 Å². The van der Waals surface area contributed by atoms with Gasteiger partial charge in [-0.1, -0.05) is 38.1 Å². The fourth-order valence-electron chi connectivity index (χ4n) is 5.30. The first-order valence-corrected chi connectivity index (χ1v) is 12.6. The number of anilines is 2. The summed E-state index contributed by atoms with van der Waals surface area (Å²) in [7, 11) is 0. The van der Waals surface area contributed by atoms with Gasteiger partial charge in [-0.25, -0.2) is 0 Å². The number of phenolic OH excluding ortho intramolecular Hbond substituents is 2. The van der Waals surface area contributed by atoms with E-state index in [1.807, 2.05) is 62.4 Å². The van der Waals surface area contributed by atoms with Crippen LogP contribution in [0, 0.1) is 0 Å². The molecule has 0 bridgehead atoms. The van der Waals surface area contributed by atoms with Crippen molar-refractivity contribution in [3.05, 3.63) is 95.1 Å². The Balaban J connectivity index is 1.88. The van der Waals surface area contributed by atoms with Crippen LogP contribution in [-0.2, 0) is 5.41 Å². The van der Waals surface area contributed by atoms with Gasteiger partial charge in [-0.05, 0) is 94.8 Å². The van der Waals surface area contributed by atoms with Crippen molar-refractivity contribution >= 4 is 11.4 Å². The molecule has 0 spiro atoms. The topological polar surface area (TPSA) is 111 Å². The molecule has 37 heavy (non-hydrogen) atoms. The Morgan fingerprint density at radius 2 is 1.05 bits per heavy atom. The van der Waals surface area contributed by atoms with Crippen molar-refractivity contribution in [3.63, 3.8) is 0 Å². The molecule has 1 aliphatic rings. The molecule has 0 amide bonds. The van der Waals surface area contributed by atoms with Gasteiger partial charge in [-0.3, -0.25) is 0 Å². The Labute approximate surface area is 217 Å². The zero-order valence-electron chi connectivity index (χ0n) is 21.1. The van der Waals surface area contributed by atoms with Crippen molar-refractivity contribution in [1.29, 1.82) is 0 Å². The molecule has 6 N–H and O–H groups in total. The van der Waals surface area contributed by atoms with Crippen LogP contribution in [0.3, 0.4) is 0 Å². The molecule has 190 valence electrons. The number of hydrogen-bond acceptors (Lipinski definition) is 6. The molecule has 0 radical (unpaired) electrons. The number of rotatable bonds is 8. The molecule has 0 unspecified atom stereocenters. The van der Waals surface area contributed by atoms with E-state index in [-0.39, 0.29) is 11.5 Å². The normalized spacial score (nSPS) is 13.1. The minimum absolute atomic E-state index is 0.149. The van der Waals surface area contributed by atoms with E-state index in [0.717, 1.165) is 46.2 Å². The number of hydrogen-bond donors (Lipinski definition) is 4. The highest BCUT2D eigenvalue weighted by Crippen LogP contribution is 2.58. The third-order valence-corrected chi connectivity index (χ3v) is 6.92. The lowest BCUT2D eigenvalue weighted by molar-refractivity contribution is 0.318. The third-order valence-electron chi connectivity index (χ3n) is 6.92. The molecule has 0 aromatic heterocycles. The van der Waals surface area contributed by atoms with Gasteiger partial charge in [0.25, 0.3) is 0 Å². The second kappa shape index (κ2) is 9.62. The number of nitrogens with two attached hydrogens (primary N) is 2. The standard InChI is InChI=1S/C31H32N2O4/c1-3-13-36-29-15-19(5-11-27(29)32)31(20-6-12-28(33)30(16-20)37-14-4-2)25-17-21(34)7-9-23(25)24-10-8-22(35)18-26(24)31/h5-12,15-18,34-35H,3-4,13-14,32-33H2,1-2H3. The lowest BCUT2D eigenvalue weighted by Crippen LogP contribution is -2.29. The van der Waals surface area contributed by atoms with Gasteiger partial charge >= 0.3 is 0 Å². The van der Waals surface area contributed by atoms with Crippen LogP contribution in [-0.4, -0.2) is 23.4 Å². The molecule has 0 atom stereocenters. The molecule has 5 rings (SSSR count). The Bertz CT molecular complexity index is 1350. The molecule has 1 aliphatic carbocycles. The van der Waals surface area contributed by atoms with Crippen LogP contribution in [0.2, 0.25) is 0 Å². The highest BCUT2D eigenvalue weighted by atomic mass is 16.5. The molecular weight excluding hydrogens is 464 g/mol. The number of fused-ring (bicyclic) bond motifs is 3. The monoisotopic (exact) mass is 496 g/mol. The second-order valence-electron chi connectivity index (χ2n) is 9.41. The molecule has 0 fully saturated rings. The first-order chi connectivity index (χ1) is 17.9. The summed E-state index contributed by atoms with van der Waals surface area (Å²) in [5.74, 6) is 1.48. The predicted octanol–water partition coefficient (Wildman–Crippen LogP) is 6.20. The van der Waals surface area contributed by atoms with E-state index in [2.05, 4.69) is 0 Å². The second-order valence-corrected chi connectivity index (χ2v) is 9.41. The maximum absolute atomic E-state index is 10.6. The van der Waals surface area contributed by atoms with Crippen molar-refractivity contribution in [1.82, 2.24) is 0 Å². The van der Waals surface area contributed by atoms with Crippen molar-refractivity contribution < 1.29 is 19.7 Å². The summed E-state index contributed by atoms with van der Waals surface area (Å²) in [5, 5.41) is 21.3. The van der Waals surface area contributed by atoms with Gasteiger partial charge in [0.05, 0.1) is 30.0 Å². The largest absolute Gasteiger partial charge is 0.508 e. The summed E-state index contributed by atoms with van der Waals surface area (Å²) >= 11 is 0. The highest BCUT2D eigenvalue weighted by Gasteiger charge is 2.47. The van der Waals surface area contributed by atoms with E-state index in [4.69, 9.17) is 20.9 Å². The minimum atomic E-state index is -0.905. The molecule has 6 heteroatoms. The molecule has 0 saturated heterocycles. The number of ether oxygens (including phenoxy) is 2. The zero-order valence-corrected chi connectivity index (χ0v) is 21.1. The fraction of sp³-hybridized carbons (Fsp3) is 0.226. The van der Waals surface area contributed by atoms with Gasteiger partial charge < -0.3 is 31.2 Å². The molecule has 0 saturated carbocycles. The van der Waals surface area contributed by atoms with Crippen LogP contribution in [0.4, 0.5) is 11.4 Å². The molecule has 0 aliphatic heterocycles. The van der Waals surface area contributed by atoms with E-state index in [9.17, 15) is 10.2 Å². The van der Waals surface area contributed by atoms with E-state index in [1.165, 1.54) is 0 Å². The molecular formula is C31H32N2O4. The zero-order chi connectivity index (χ0) is 26.2. The van der Waals surface area contributed by atoms with Crippen LogP contribution in [0.1, 0.15) is 48.9 Å². The van der Waals surface area contributed by atoms with Gasteiger partial charge in [-0.15, -0.1) is 0 Å². The Morgan fingerprint density at radius 3 is 1.46 bits per heavy atom. The van der Waals surface area contributed by atoms with E-state index in [0.29, 0.717) is 36.1 Å². The minimum Gasteiger partial charge on any atom is -0.508 e. The number of aromatic hydroxyl groups is 2. The first kappa shape index (κ1) is 24.4. The third kappa shape index (κ3) is 3.99. The van der Waals surface area contributed by atoms with Crippen LogP contribution in [0.5, 0.6) is 23.0 Å². The molecule has 0 heterocycles. The van der Waals surface area contributed by atoms with Gasteiger partial charge in [0.1, 0.15) is 23.0 Å².